The fraction of sp³-hybridized carbons (Fsp3) is 0.455. The second kappa shape index (κ2) is 12.2. The largest absolute Gasteiger partial charge is 0.508 e. The average Bonchev–Trinajstić information content (AvgIpc) is 3.42. The third-order valence-corrected chi connectivity index (χ3v) is 9.23. The van der Waals surface area contributed by atoms with Gasteiger partial charge < -0.3 is 24.5 Å². The van der Waals surface area contributed by atoms with Crippen LogP contribution in [-0.2, 0) is 17.6 Å². The van der Waals surface area contributed by atoms with Gasteiger partial charge in [0.1, 0.15) is 18.2 Å². The van der Waals surface area contributed by atoms with Crippen LogP contribution < -0.4 is 9.64 Å². The predicted octanol–water partition coefficient (Wildman–Crippen LogP) is 4.49. The van der Waals surface area contributed by atoms with Crippen LogP contribution in [0, 0.1) is 11.3 Å². The van der Waals surface area contributed by atoms with Gasteiger partial charge in [-0.1, -0.05) is 30.8 Å². The zero-order chi connectivity index (χ0) is 30.1. The highest BCUT2D eigenvalue weighted by Gasteiger charge is 2.35. The van der Waals surface area contributed by atoms with Crippen LogP contribution in [0.1, 0.15) is 48.4 Å². The van der Waals surface area contributed by atoms with Crippen molar-refractivity contribution in [3.8, 4) is 17.8 Å². The predicted molar refractivity (Wildman–Crippen MR) is 162 cm³/mol. The number of aromatic hydroxyl groups is 1. The highest BCUT2D eigenvalue weighted by Crippen LogP contribution is 2.40. The minimum atomic E-state index is -1.02. The number of carbonyl (C=O) groups is 1. The Morgan fingerprint density at radius 1 is 1.19 bits per heavy atom. The van der Waals surface area contributed by atoms with Crippen LogP contribution >= 0.6 is 0 Å². The minimum absolute atomic E-state index is 0.0762. The van der Waals surface area contributed by atoms with Gasteiger partial charge in [0.2, 0.25) is 0 Å². The van der Waals surface area contributed by atoms with Crippen LogP contribution in [0.4, 0.5) is 10.2 Å². The maximum absolute atomic E-state index is 13.8. The summed E-state index contributed by atoms with van der Waals surface area (Å²) in [6, 6.07) is 14.1. The lowest BCUT2D eigenvalue weighted by Crippen LogP contribution is -2.55. The van der Waals surface area contributed by atoms with Crippen molar-refractivity contribution in [1.29, 1.82) is 5.26 Å². The number of phenols is 1. The molecule has 0 saturated carbocycles. The Bertz CT molecular complexity index is 1590. The van der Waals surface area contributed by atoms with Gasteiger partial charge in [-0.2, -0.15) is 15.2 Å². The fourth-order valence-electron chi connectivity index (χ4n) is 6.94. The van der Waals surface area contributed by atoms with Crippen molar-refractivity contribution < 1.29 is 19.0 Å². The molecule has 2 fully saturated rings. The van der Waals surface area contributed by atoms with Gasteiger partial charge in [-0.05, 0) is 80.1 Å². The first-order chi connectivity index (χ1) is 20.8. The van der Waals surface area contributed by atoms with Crippen LogP contribution in [0.25, 0.3) is 10.8 Å². The van der Waals surface area contributed by atoms with Crippen molar-refractivity contribution in [1.82, 2.24) is 19.8 Å². The molecule has 0 bridgehead atoms. The lowest BCUT2D eigenvalue weighted by molar-refractivity contribution is -0.131. The smallest absolute Gasteiger partial charge is 0.318 e. The number of likely N-dealkylation sites (N-methyl/N-ethyl adjacent to an activating group) is 1. The molecule has 2 aromatic carbocycles. The SMILES string of the molecule is C=C(F)C(=O)N1CCN(c2nc(OC[C@@H]3CCCN3C)nc3c2CC[C@@H](c2cc(O)cc4ccccc24)C3)C[C@H]1CC#N. The summed E-state index contributed by atoms with van der Waals surface area (Å²) in [5.41, 5.74) is 3.05. The Morgan fingerprint density at radius 2 is 2.02 bits per heavy atom. The molecule has 2 aliphatic heterocycles. The molecule has 9 nitrogen and oxygen atoms in total. The number of carbonyl (C=O) groups excluding carboxylic acids is 1. The normalized spacial score (nSPS) is 22.3. The van der Waals surface area contributed by atoms with E-state index in [-0.39, 0.29) is 24.6 Å². The minimum Gasteiger partial charge on any atom is -0.508 e. The van der Waals surface area contributed by atoms with E-state index in [9.17, 15) is 19.6 Å². The highest BCUT2D eigenvalue weighted by molar-refractivity contribution is 5.91. The second-order valence-corrected chi connectivity index (χ2v) is 11.9. The Labute approximate surface area is 251 Å². The van der Waals surface area contributed by atoms with Crippen molar-refractivity contribution in [2.45, 2.75) is 56.5 Å². The van der Waals surface area contributed by atoms with Gasteiger partial charge >= 0.3 is 6.01 Å². The maximum Gasteiger partial charge on any atom is 0.318 e. The Hall–Kier alpha value is -4.23. The Balaban J connectivity index is 1.34. The number of nitriles is 1. The summed E-state index contributed by atoms with van der Waals surface area (Å²) in [7, 11) is 2.10. The van der Waals surface area contributed by atoms with Gasteiger partial charge in [0, 0.05) is 31.2 Å². The van der Waals surface area contributed by atoms with Gasteiger partial charge in [0.05, 0.1) is 24.2 Å². The maximum atomic E-state index is 13.8. The van der Waals surface area contributed by atoms with Gasteiger partial charge in [-0.15, -0.1) is 0 Å². The first-order valence-electron chi connectivity index (χ1n) is 15.0. The fourth-order valence-corrected chi connectivity index (χ4v) is 6.94. The van der Waals surface area contributed by atoms with E-state index < -0.39 is 17.8 Å². The van der Waals surface area contributed by atoms with E-state index in [4.69, 9.17) is 14.7 Å². The third-order valence-electron chi connectivity index (χ3n) is 9.23. The molecule has 0 spiro atoms. The Kier molecular flexibility index (Phi) is 8.17. The van der Waals surface area contributed by atoms with Crippen LogP contribution in [0.5, 0.6) is 11.8 Å². The molecule has 3 aromatic rings. The summed E-state index contributed by atoms with van der Waals surface area (Å²) in [6.45, 7) is 5.76. The number of hydrogen-bond acceptors (Lipinski definition) is 8. The number of halogens is 1. The molecule has 1 N–H and O–H groups in total. The number of piperazine rings is 1. The van der Waals surface area contributed by atoms with Crippen LogP contribution in [-0.4, -0.2) is 82.7 Å². The summed E-state index contributed by atoms with van der Waals surface area (Å²) in [4.78, 5) is 28.1. The van der Waals surface area contributed by atoms with Gasteiger partial charge in [0.15, 0.2) is 5.83 Å². The number of ether oxygens (including phenoxy) is 1. The summed E-state index contributed by atoms with van der Waals surface area (Å²) in [5.74, 6) is -0.630. The molecule has 3 aliphatic rings. The number of nitrogens with zero attached hydrogens (tertiary/aromatic N) is 6. The number of anilines is 1. The summed E-state index contributed by atoms with van der Waals surface area (Å²) >= 11 is 0. The van der Waals surface area contributed by atoms with E-state index in [2.05, 4.69) is 35.6 Å². The Morgan fingerprint density at radius 3 is 2.79 bits per heavy atom. The third kappa shape index (κ3) is 5.87. The molecular weight excluding hydrogens is 547 g/mol. The molecule has 224 valence electrons. The van der Waals surface area contributed by atoms with E-state index >= 15 is 0 Å². The molecule has 1 amide bonds. The highest BCUT2D eigenvalue weighted by atomic mass is 19.1. The van der Waals surface area contributed by atoms with Crippen molar-refractivity contribution >= 4 is 22.5 Å². The number of benzene rings is 2. The van der Waals surface area contributed by atoms with Gasteiger partial charge in [0.25, 0.3) is 5.91 Å². The standard InChI is InChI=1S/C33H37FN6O3/c1-21(34)32(42)40-15-14-39(19-24(40)11-12-35)31-28-10-9-23(29-18-26(41)16-22-6-3-4-8-27(22)29)17-30(28)36-33(37-31)43-20-25-7-5-13-38(25)2/h3-4,6,8,16,18,23-25,41H,1,5,7,9-11,13-15,17,19-20H2,2H3/t23-,24-,25+/m1/s1. The molecule has 1 aliphatic carbocycles. The molecule has 10 heteroatoms. The molecule has 6 rings (SSSR count). The van der Waals surface area contributed by atoms with Gasteiger partial charge in [-0.3, -0.25) is 4.79 Å². The van der Waals surface area contributed by atoms with E-state index in [1.54, 1.807) is 6.07 Å². The quantitative estimate of drug-likeness (QED) is 0.405. The van der Waals surface area contributed by atoms with E-state index in [0.717, 1.165) is 65.6 Å². The first kappa shape index (κ1) is 28.9. The molecule has 2 saturated heterocycles. The molecule has 43 heavy (non-hydrogen) atoms. The van der Waals surface area contributed by atoms with Crippen molar-refractivity contribution in [2.75, 3.05) is 44.7 Å². The summed E-state index contributed by atoms with van der Waals surface area (Å²) in [5, 5.41) is 22.1. The van der Waals surface area contributed by atoms with E-state index in [1.165, 1.54) is 4.90 Å². The topological polar surface area (TPSA) is 106 Å². The molecular formula is C33H37FN6O3. The second-order valence-electron chi connectivity index (χ2n) is 11.9. The molecule has 1 aromatic heterocycles. The average molecular weight is 585 g/mol. The summed E-state index contributed by atoms with van der Waals surface area (Å²) in [6.07, 6.45) is 4.52. The number of aromatic nitrogens is 2. The number of amides is 1. The lowest BCUT2D eigenvalue weighted by atomic mass is 9.80. The monoisotopic (exact) mass is 584 g/mol. The molecule has 3 atom stereocenters. The number of likely N-dealkylation sites (tertiary alicyclic amines) is 1. The van der Waals surface area contributed by atoms with Crippen LogP contribution in [0.15, 0.2) is 48.8 Å². The van der Waals surface area contributed by atoms with E-state index in [0.29, 0.717) is 38.2 Å². The zero-order valence-electron chi connectivity index (χ0n) is 24.5. The molecule has 0 radical (unpaired) electrons. The number of hydrogen-bond donors (Lipinski definition) is 1. The van der Waals surface area contributed by atoms with E-state index in [1.807, 2.05) is 24.3 Å². The zero-order valence-corrected chi connectivity index (χ0v) is 24.5. The van der Waals surface area contributed by atoms with Crippen molar-refractivity contribution in [3.63, 3.8) is 0 Å². The number of phenolic OH excluding ortho intramolecular Hbond substituents is 1. The summed E-state index contributed by atoms with van der Waals surface area (Å²) < 4.78 is 20.0. The van der Waals surface area contributed by atoms with Crippen LogP contribution in [0.3, 0.4) is 0 Å². The molecule has 3 heterocycles. The van der Waals surface area contributed by atoms with Gasteiger partial charge in [-0.25, -0.2) is 4.39 Å². The molecule has 0 unspecified atom stereocenters. The number of fused-ring (bicyclic) bond motifs is 2. The van der Waals surface area contributed by atoms with Crippen LogP contribution in [0.2, 0.25) is 0 Å². The lowest BCUT2D eigenvalue weighted by Gasteiger charge is -2.42. The van der Waals surface area contributed by atoms with Crippen molar-refractivity contribution in [3.05, 3.63) is 65.6 Å². The number of rotatable bonds is 7. The van der Waals surface area contributed by atoms with Crippen molar-refractivity contribution in [2.24, 2.45) is 0 Å². The first-order valence-corrected chi connectivity index (χ1v) is 15.0.